The molecule has 0 aliphatic carbocycles. The van der Waals surface area contributed by atoms with Gasteiger partial charge in [0.1, 0.15) is 0 Å². The minimum Gasteiger partial charge on any atom is -0.317 e. The third-order valence-corrected chi connectivity index (χ3v) is 3.72. The SMILES string of the molecule is O=c1cc(-c2ccc(-c3ccccc3)cc2)cc(I)[nH]1. The molecule has 3 aromatic rings. The number of aromatic amines is 1. The lowest BCUT2D eigenvalue weighted by atomic mass is 10.0. The lowest BCUT2D eigenvalue weighted by Gasteiger charge is -2.05. The van der Waals surface area contributed by atoms with Crippen molar-refractivity contribution in [2.75, 3.05) is 0 Å². The van der Waals surface area contributed by atoms with Crippen molar-refractivity contribution < 1.29 is 0 Å². The molecule has 0 amide bonds. The highest BCUT2D eigenvalue weighted by atomic mass is 127. The van der Waals surface area contributed by atoms with Gasteiger partial charge in [-0.2, -0.15) is 0 Å². The van der Waals surface area contributed by atoms with E-state index in [1.165, 1.54) is 11.1 Å². The molecule has 20 heavy (non-hydrogen) atoms. The standard InChI is InChI=1S/C17H12INO/c18-16-10-15(11-17(20)19-16)14-8-6-13(7-9-14)12-4-2-1-3-5-12/h1-11H,(H,19,20). The lowest BCUT2D eigenvalue weighted by molar-refractivity contribution is 1.20. The first-order valence-corrected chi connectivity index (χ1v) is 7.36. The first-order chi connectivity index (χ1) is 9.72. The van der Waals surface area contributed by atoms with Gasteiger partial charge in [-0.15, -0.1) is 0 Å². The van der Waals surface area contributed by atoms with Gasteiger partial charge in [-0.1, -0.05) is 54.6 Å². The number of halogens is 1. The van der Waals surface area contributed by atoms with Crippen LogP contribution in [0.15, 0.2) is 71.5 Å². The number of hydrogen-bond donors (Lipinski definition) is 1. The fourth-order valence-electron chi connectivity index (χ4n) is 2.16. The van der Waals surface area contributed by atoms with Gasteiger partial charge in [0.25, 0.3) is 0 Å². The van der Waals surface area contributed by atoms with Gasteiger partial charge in [0.2, 0.25) is 5.56 Å². The van der Waals surface area contributed by atoms with E-state index in [1.54, 1.807) is 6.07 Å². The Hall–Kier alpha value is -1.88. The molecule has 0 spiro atoms. The second kappa shape index (κ2) is 5.63. The van der Waals surface area contributed by atoms with Gasteiger partial charge in [-0.3, -0.25) is 4.79 Å². The Kier molecular flexibility index (Phi) is 3.69. The minimum absolute atomic E-state index is 0.0703. The molecule has 3 rings (SSSR count). The molecule has 1 N–H and O–H groups in total. The van der Waals surface area contributed by atoms with Crippen molar-refractivity contribution in [3.63, 3.8) is 0 Å². The Bertz CT molecular complexity index is 776. The number of aromatic nitrogens is 1. The Morgan fingerprint density at radius 3 is 1.85 bits per heavy atom. The molecule has 0 atom stereocenters. The van der Waals surface area contributed by atoms with Crippen LogP contribution in [0, 0.1) is 3.70 Å². The molecular weight excluding hydrogens is 361 g/mol. The summed E-state index contributed by atoms with van der Waals surface area (Å²) in [5.74, 6) is 0. The van der Waals surface area contributed by atoms with Crippen LogP contribution in [0.4, 0.5) is 0 Å². The molecule has 2 nitrogen and oxygen atoms in total. The first kappa shape index (κ1) is 13.1. The third kappa shape index (κ3) is 2.82. The number of benzene rings is 2. The second-order valence-electron chi connectivity index (χ2n) is 4.52. The maximum absolute atomic E-state index is 11.5. The fourth-order valence-corrected chi connectivity index (χ4v) is 2.76. The Morgan fingerprint density at radius 1 is 0.700 bits per heavy atom. The molecule has 0 aliphatic rings. The molecule has 3 heteroatoms. The van der Waals surface area contributed by atoms with Crippen molar-refractivity contribution in [1.82, 2.24) is 4.98 Å². The topological polar surface area (TPSA) is 32.9 Å². The van der Waals surface area contributed by atoms with Gasteiger partial charge in [0.05, 0.1) is 3.70 Å². The van der Waals surface area contributed by atoms with Gasteiger partial charge in [-0.25, -0.2) is 0 Å². The van der Waals surface area contributed by atoms with Crippen LogP contribution in [0.5, 0.6) is 0 Å². The van der Waals surface area contributed by atoms with Crippen LogP contribution in [0.3, 0.4) is 0 Å². The molecule has 0 bridgehead atoms. The molecule has 0 radical (unpaired) electrons. The molecule has 1 heterocycles. The summed E-state index contributed by atoms with van der Waals surface area (Å²) in [7, 11) is 0. The molecule has 2 aromatic carbocycles. The van der Waals surface area contributed by atoms with Crippen LogP contribution >= 0.6 is 22.6 Å². The minimum atomic E-state index is -0.0703. The van der Waals surface area contributed by atoms with Crippen LogP contribution in [-0.4, -0.2) is 4.98 Å². The highest BCUT2D eigenvalue weighted by Crippen LogP contribution is 2.24. The molecule has 1 aromatic heterocycles. The van der Waals surface area contributed by atoms with Crippen LogP contribution in [-0.2, 0) is 0 Å². The molecule has 98 valence electrons. The summed E-state index contributed by atoms with van der Waals surface area (Å²) in [6.45, 7) is 0. The van der Waals surface area contributed by atoms with Crippen molar-refractivity contribution >= 4 is 22.6 Å². The third-order valence-electron chi connectivity index (χ3n) is 3.14. The molecule has 0 aliphatic heterocycles. The number of rotatable bonds is 2. The van der Waals surface area contributed by atoms with Crippen LogP contribution in [0.2, 0.25) is 0 Å². The number of hydrogen-bond acceptors (Lipinski definition) is 1. The predicted octanol–water partition coefficient (Wildman–Crippen LogP) is 4.31. The van der Waals surface area contributed by atoms with Crippen molar-refractivity contribution in [2.24, 2.45) is 0 Å². The summed E-state index contributed by atoms with van der Waals surface area (Å²) >= 11 is 2.12. The van der Waals surface area contributed by atoms with Crippen LogP contribution < -0.4 is 5.56 Å². The number of nitrogens with one attached hydrogen (secondary N) is 1. The normalized spacial score (nSPS) is 10.4. The molecular formula is C17H12INO. The molecule has 0 fully saturated rings. The maximum atomic E-state index is 11.5. The van der Waals surface area contributed by atoms with E-state index in [0.717, 1.165) is 14.8 Å². The summed E-state index contributed by atoms with van der Waals surface area (Å²) in [4.78, 5) is 14.3. The highest BCUT2D eigenvalue weighted by Gasteiger charge is 2.02. The zero-order valence-electron chi connectivity index (χ0n) is 10.6. The summed E-state index contributed by atoms with van der Waals surface area (Å²) in [5.41, 5.74) is 4.29. The van der Waals surface area contributed by atoms with Crippen LogP contribution in [0.25, 0.3) is 22.3 Å². The quantitative estimate of drug-likeness (QED) is 0.527. The maximum Gasteiger partial charge on any atom is 0.249 e. The van der Waals surface area contributed by atoms with E-state index in [4.69, 9.17) is 0 Å². The summed E-state index contributed by atoms with van der Waals surface area (Å²) in [6, 6.07) is 22.1. The molecule has 0 saturated heterocycles. The van der Waals surface area contributed by atoms with E-state index in [1.807, 2.05) is 36.4 Å². The average molecular weight is 373 g/mol. The van der Waals surface area contributed by atoms with E-state index >= 15 is 0 Å². The van der Waals surface area contributed by atoms with E-state index in [9.17, 15) is 4.79 Å². The summed E-state index contributed by atoms with van der Waals surface area (Å²) in [6.07, 6.45) is 0. The van der Waals surface area contributed by atoms with Gasteiger partial charge >= 0.3 is 0 Å². The Balaban J connectivity index is 1.99. The smallest absolute Gasteiger partial charge is 0.249 e. The largest absolute Gasteiger partial charge is 0.317 e. The van der Waals surface area contributed by atoms with E-state index in [-0.39, 0.29) is 5.56 Å². The summed E-state index contributed by atoms with van der Waals surface area (Å²) in [5, 5.41) is 0. The van der Waals surface area contributed by atoms with E-state index < -0.39 is 0 Å². The van der Waals surface area contributed by atoms with Crippen molar-refractivity contribution in [1.29, 1.82) is 0 Å². The molecule has 0 saturated carbocycles. The number of pyridine rings is 1. The average Bonchev–Trinajstić information content (AvgIpc) is 2.47. The van der Waals surface area contributed by atoms with Crippen molar-refractivity contribution in [3.8, 4) is 22.3 Å². The van der Waals surface area contributed by atoms with Gasteiger partial charge in [0, 0.05) is 6.07 Å². The second-order valence-corrected chi connectivity index (χ2v) is 5.69. The predicted molar refractivity (Wildman–Crippen MR) is 90.7 cm³/mol. The van der Waals surface area contributed by atoms with Crippen LogP contribution in [0.1, 0.15) is 0 Å². The van der Waals surface area contributed by atoms with E-state index in [2.05, 4.69) is 51.8 Å². The lowest BCUT2D eigenvalue weighted by Crippen LogP contribution is -2.05. The van der Waals surface area contributed by atoms with Gasteiger partial charge in [0.15, 0.2) is 0 Å². The van der Waals surface area contributed by atoms with Crippen molar-refractivity contribution in [2.45, 2.75) is 0 Å². The Morgan fingerprint density at radius 2 is 1.25 bits per heavy atom. The fraction of sp³-hybridized carbons (Fsp3) is 0. The highest BCUT2D eigenvalue weighted by molar-refractivity contribution is 14.1. The number of H-pyrrole nitrogens is 1. The van der Waals surface area contributed by atoms with Crippen molar-refractivity contribution in [3.05, 3.63) is 80.8 Å². The van der Waals surface area contributed by atoms with Gasteiger partial charge in [-0.05, 0) is 50.9 Å². The molecule has 0 unspecified atom stereocenters. The Labute approximate surface area is 130 Å². The van der Waals surface area contributed by atoms with Gasteiger partial charge < -0.3 is 4.98 Å². The summed E-state index contributed by atoms with van der Waals surface area (Å²) < 4.78 is 0.845. The first-order valence-electron chi connectivity index (χ1n) is 6.28. The zero-order valence-corrected chi connectivity index (χ0v) is 12.8. The monoisotopic (exact) mass is 373 g/mol. The zero-order chi connectivity index (χ0) is 13.9. The van der Waals surface area contributed by atoms with E-state index in [0.29, 0.717) is 0 Å².